The Hall–Kier alpha value is -2.78. The molecule has 0 aliphatic carbocycles. The molecule has 0 radical (unpaired) electrons. The fourth-order valence-electron chi connectivity index (χ4n) is 2.93. The predicted octanol–water partition coefficient (Wildman–Crippen LogP) is 4.70. The van der Waals surface area contributed by atoms with E-state index in [0.29, 0.717) is 17.4 Å². The Balaban J connectivity index is 1.79. The maximum absolute atomic E-state index is 6.38. The number of para-hydroxylation sites is 1. The van der Waals surface area contributed by atoms with Crippen molar-refractivity contribution in [1.82, 2.24) is 0 Å². The van der Waals surface area contributed by atoms with Gasteiger partial charge in [-0.3, -0.25) is 5.73 Å². The molecule has 1 aliphatic heterocycles. The number of nitrogens with zero attached hydrogens (tertiary/aromatic N) is 1. The van der Waals surface area contributed by atoms with Crippen molar-refractivity contribution in [2.75, 3.05) is 0 Å². The number of amidine groups is 1. The molecule has 1 aliphatic rings. The first-order valence-electron chi connectivity index (χ1n) is 7.73. The van der Waals surface area contributed by atoms with Crippen LogP contribution >= 0.6 is 11.6 Å². The minimum Gasteiger partial charge on any atom is -0.453 e. The molecule has 3 nitrogen and oxygen atoms in total. The number of hydrogen-bond acceptors (Lipinski definition) is 2. The highest BCUT2D eigenvalue weighted by Crippen LogP contribution is 2.36. The first kappa shape index (κ1) is 14.8. The molecule has 0 saturated heterocycles. The van der Waals surface area contributed by atoms with Gasteiger partial charge in [0.05, 0.1) is 5.56 Å². The zero-order valence-corrected chi connectivity index (χ0v) is 13.7. The van der Waals surface area contributed by atoms with Crippen molar-refractivity contribution in [2.45, 2.75) is 6.54 Å². The van der Waals surface area contributed by atoms with Crippen molar-refractivity contribution in [3.8, 4) is 11.5 Å². The lowest BCUT2D eigenvalue weighted by Gasteiger charge is -2.11. The van der Waals surface area contributed by atoms with Gasteiger partial charge in [0, 0.05) is 16.7 Å². The van der Waals surface area contributed by atoms with Gasteiger partial charge in [0.15, 0.2) is 11.4 Å². The number of nitrogens with two attached hydrogens (primary N) is 1. The Morgan fingerprint density at radius 2 is 1.67 bits per heavy atom. The van der Waals surface area contributed by atoms with Crippen LogP contribution in [0.4, 0.5) is 5.69 Å². The van der Waals surface area contributed by atoms with Gasteiger partial charge >= 0.3 is 0 Å². The Bertz CT molecular complexity index is 935. The quantitative estimate of drug-likeness (QED) is 0.705. The summed E-state index contributed by atoms with van der Waals surface area (Å²) >= 11 is 6.22. The van der Waals surface area contributed by atoms with Crippen molar-refractivity contribution in [1.29, 1.82) is 0 Å². The van der Waals surface area contributed by atoms with Crippen LogP contribution < -0.4 is 10.5 Å². The van der Waals surface area contributed by atoms with E-state index in [0.717, 1.165) is 22.7 Å². The topological polar surface area (TPSA) is 38.3 Å². The van der Waals surface area contributed by atoms with E-state index < -0.39 is 0 Å². The third-order valence-electron chi connectivity index (χ3n) is 4.10. The molecule has 4 heteroatoms. The Labute approximate surface area is 145 Å². The molecule has 4 rings (SSSR count). The predicted molar refractivity (Wildman–Crippen MR) is 96.3 cm³/mol. The van der Waals surface area contributed by atoms with E-state index in [9.17, 15) is 0 Å². The van der Waals surface area contributed by atoms with Crippen LogP contribution in [-0.2, 0) is 6.54 Å². The molecule has 0 aromatic heterocycles. The van der Waals surface area contributed by atoms with Crippen molar-refractivity contribution >= 4 is 23.1 Å². The van der Waals surface area contributed by atoms with Crippen LogP contribution in [0.25, 0.3) is 0 Å². The largest absolute Gasteiger partial charge is 0.453 e. The molecule has 3 aromatic rings. The minimum atomic E-state index is 0.647. The summed E-state index contributed by atoms with van der Waals surface area (Å²) in [5, 5.41) is 0.647. The van der Waals surface area contributed by atoms with Crippen molar-refractivity contribution in [2.24, 2.45) is 5.73 Å². The molecule has 0 unspecified atom stereocenters. The molecule has 0 bridgehead atoms. The SMILES string of the molecule is NC1=[N+](c2cc(Cl)ccc2Oc2ccccc2)Cc2ccccc21. The fraction of sp³-hybridized carbons (Fsp3) is 0.0500. The lowest BCUT2D eigenvalue weighted by atomic mass is 10.1. The number of fused-ring (bicyclic) bond motifs is 1. The van der Waals surface area contributed by atoms with Crippen LogP contribution in [0.3, 0.4) is 0 Å². The van der Waals surface area contributed by atoms with E-state index in [-0.39, 0.29) is 0 Å². The summed E-state index contributed by atoms with van der Waals surface area (Å²) in [6.07, 6.45) is 0. The summed E-state index contributed by atoms with van der Waals surface area (Å²) in [4.78, 5) is 0. The van der Waals surface area contributed by atoms with E-state index in [2.05, 4.69) is 6.07 Å². The highest BCUT2D eigenvalue weighted by Gasteiger charge is 2.27. The van der Waals surface area contributed by atoms with Gasteiger partial charge < -0.3 is 4.74 Å². The van der Waals surface area contributed by atoms with Crippen molar-refractivity contribution in [3.63, 3.8) is 0 Å². The van der Waals surface area contributed by atoms with Gasteiger partial charge in [0.1, 0.15) is 12.3 Å². The van der Waals surface area contributed by atoms with Gasteiger partial charge in [-0.2, -0.15) is 0 Å². The first-order valence-corrected chi connectivity index (χ1v) is 8.11. The molecule has 0 saturated carbocycles. The maximum Gasteiger partial charge on any atom is 0.280 e. The van der Waals surface area contributed by atoms with Crippen LogP contribution in [0.15, 0.2) is 72.8 Å². The zero-order valence-electron chi connectivity index (χ0n) is 12.9. The molecular formula is C20H16ClN2O+. The fourth-order valence-corrected chi connectivity index (χ4v) is 3.09. The summed E-state index contributed by atoms with van der Waals surface area (Å²) in [5.74, 6) is 2.21. The molecular weight excluding hydrogens is 320 g/mol. The summed E-state index contributed by atoms with van der Waals surface area (Å²) in [6, 6.07) is 23.4. The van der Waals surface area contributed by atoms with Crippen molar-refractivity contribution in [3.05, 3.63) is 88.9 Å². The Morgan fingerprint density at radius 3 is 2.46 bits per heavy atom. The summed E-state index contributed by atoms with van der Waals surface area (Å²) in [6.45, 7) is 0.702. The van der Waals surface area contributed by atoms with E-state index in [4.69, 9.17) is 22.1 Å². The molecule has 2 N–H and O–H groups in total. The van der Waals surface area contributed by atoms with Crippen LogP contribution in [0.2, 0.25) is 5.02 Å². The van der Waals surface area contributed by atoms with Crippen LogP contribution in [0.1, 0.15) is 11.1 Å². The van der Waals surface area contributed by atoms with Crippen LogP contribution in [0, 0.1) is 0 Å². The maximum atomic E-state index is 6.38. The highest BCUT2D eigenvalue weighted by molar-refractivity contribution is 6.30. The standard InChI is InChI=1S/C20H15ClN2O/c21-15-10-11-19(24-16-7-2-1-3-8-16)18(12-15)23-13-14-6-4-5-9-17(14)20(23)22/h1-12,22H,13H2/p+1. The number of halogens is 1. The normalized spacial score (nSPS) is 13.0. The summed E-state index contributed by atoms with van der Waals surface area (Å²) < 4.78 is 8.09. The molecule has 24 heavy (non-hydrogen) atoms. The van der Waals surface area contributed by atoms with Gasteiger partial charge in [-0.05, 0) is 30.3 Å². The van der Waals surface area contributed by atoms with E-state index in [1.54, 1.807) is 0 Å². The van der Waals surface area contributed by atoms with Gasteiger partial charge in [-0.1, -0.05) is 48.0 Å². The third-order valence-corrected chi connectivity index (χ3v) is 4.33. The lowest BCUT2D eigenvalue weighted by molar-refractivity contribution is -0.453. The zero-order chi connectivity index (χ0) is 16.5. The first-order chi connectivity index (χ1) is 11.7. The van der Waals surface area contributed by atoms with Gasteiger partial charge in [-0.25, -0.2) is 4.58 Å². The molecule has 0 fully saturated rings. The number of ether oxygens (including phenoxy) is 1. The van der Waals surface area contributed by atoms with Crippen LogP contribution in [0.5, 0.6) is 11.5 Å². The smallest absolute Gasteiger partial charge is 0.280 e. The van der Waals surface area contributed by atoms with E-state index in [1.807, 2.05) is 71.3 Å². The highest BCUT2D eigenvalue weighted by atomic mass is 35.5. The Kier molecular flexibility index (Phi) is 3.71. The molecule has 0 amide bonds. The average Bonchev–Trinajstić information content (AvgIpc) is 2.95. The molecule has 118 valence electrons. The van der Waals surface area contributed by atoms with Gasteiger partial charge in [-0.15, -0.1) is 0 Å². The summed E-state index contributed by atoms with van der Waals surface area (Å²) in [5.41, 5.74) is 9.49. The number of hydrogen-bond donors (Lipinski definition) is 1. The second-order valence-electron chi connectivity index (χ2n) is 5.66. The van der Waals surface area contributed by atoms with Gasteiger partial charge in [0.2, 0.25) is 0 Å². The van der Waals surface area contributed by atoms with Crippen molar-refractivity contribution < 1.29 is 9.31 Å². The molecule has 1 heterocycles. The lowest BCUT2D eigenvalue weighted by Crippen LogP contribution is -2.20. The minimum absolute atomic E-state index is 0.647. The van der Waals surface area contributed by atoms with Gasteiger partial charge in [0.25, 0.3) is 5.84 Å². The summed E-state index contributed by atoms with van der Waals surface area (Å²) in [7, 11) is 0. The third kappa shape index (κ3) is 2.63. The van der Waals surface area contributed by atoms with Crippen LogP contribution in [-0.4, -0.2) is 10.4 Å². The number of benzene rings is 3. The number of rotatable bonds is 3. The average molecular weight is 336 g/mol. The van der Waals surface area contributed by atoms with E-state index >= 15 is 0 Å². The van der Waals surface area contributed by atoms with E-state index in [1.165, 1.54) is 5.56 Å². The second-order valence-corrected chi connectivity index (χ2v) is 6.09. The molecule has 0 spiro atoms. The molecule has 0 atom stereocenters. The monoisotopic (exact) mass is 335 g/mol. The molecule has 3 aromatic carbocycles. The Morgan fingerprint density at radius 1 is 0.917 bits per heavy atom. The second kappa shape index (κ2) is 6.02.